The molecule has 0 fully saturated rings. The summed E-state index contributed by atoms with van der Waals surface area (Å²) in [6, 6.07) is 4.38. The molecule has 1 aliphatic heterocycles. The van der Waals surface area contributed by atoms with Gasteiger partial charge in [-0.3, -0.25) is 10.1 Å². The zero-order valence-corrected chi connectivity index (χ0v) is 6.89. The van der Waals surface area contributed by atoms with Crippen LogP contribution in [0.5, 0.6) is 11.5 Å². The molecule has 1 aromatic carbocycles. The Hall–Kier alpha value is -2.29. The molecule has 0 bridgehead atoms. The molecule has 0 spiro atoms. The Morgan fingerprint density at radius 3 is 2.93 bits per heavy atom. The molecule has 0 aromatic heterocycles. The number of hydrogen-bond donors (Lipinski definition) is 0. The Morgan fingerprint density at radius 2 is 2.29 bits per heavy atom. The van der Waals surface area contributed by atoms with Crippen molar-refractivity contribution >= 4 is 5.69 Å². The minimum atomic E-state index is -0.603. The van der Waals surface area contributed by atoms with Crippen LogP contribution in [-0.4, -0.2) is 11.7 Å². The molecular formula is C8H4N2O4. The van der Waals surface area contributed by atoms with Crippen LogP contribution in [0.4, 0.5) is 5.69 Å². The van der Waals surface area contributed by atoms with Gasteiger partial charge in [0.05, 0.1) is 16.6 Å². The van der Waals surface area contributed by atoms with Gasteiger partial charge in [-0.05, 0) is 0 Å². The molecule has 0 radical (unpaired) electrons. The molecular weight excluding hydrogens is 188 g/mol. The summed E-state index contributed by atoms with van der Waals surface area (Å²) in [5.74, 6) is 0.338. The number of nitrogens with zero attached hydrogens (tertiary/aromatic N) is 2. The van der Waals surface area contributed by atoms with E-state index in [9.17, 15) is 10.1 Å². The van der Waals surface area contributed by atoms with Gasteiger partial charge in [-0.1, -0.05) is 0 Å². The van der Waals surface area contributed by atoms with Crippen molar-refractivity contribution in [3.63, 3.8) is 0 Å². The Balaban J connectivity index is 2.64. The van der Waals surface area contributed by atoms with E-state index in [0.717, 1.165) is 6.07 Å². The second kappa shape index (κ2) is 2.88. The highest BCUT2D eigenvalue weighted by Gasteiger charge is 2.26. The molecule has 6 heteroatoms. The molecule has 6 nitrogen and oxygen atoms in total. The van der Waals surface area contributed by atoms with Gasteiger partial charge in [-0.15, -0.1) is 0 Å². The predicted octanol–water partition coefficient (Wildman–Crippen LogP) is 1.20. The number of hydrogen-bond acceptors (Lipinski definition) is 5. The van der Waals surface area contributed by atoms with E-state index in [1.54, 1.807) is 0 Å². The minimum absolute atomic E-state index is 0.0505. The monoisotopic (exact) mass is 192 g/mol. The maximum atomic E-state index is 10.6. The number of fused-ring (bicyclic) bond motifs is 1. The average Bonchev–Trinajstić information content (AvgIpc) is 2.63. The van der Waals surface area contributed by atoms with Crippen molar-refractivity contribution in [2.75, 3.05) is 6.79 Å². The molecule has 0 saturated heterocycles. The van der Waals surface area contributed by atoms with Crippen LogP contribution in [0.2, 0.25) is 0 Å². The number of benzene rings is 1. The Labute approximate surface area is 78.4 Å². The van der Waals surface area contributed by atoms with Crippen molar-refractivity contribution in [3.05, 3.63) is 27.8 Å². The Kier molecular flexibility index (Phi) is 1.71. The topological polar surface area (TPSA) is 85.4 Å². The van der Waals surface area contributed by atoms with E-state index in [0.29, 0.717) is 0 Å². The maximum Gasteiger partial charge on any atom is 0.316 e. The summed E-state index contributed by atoms with van der Waals surface area (Å²) in [7, 11) is 0. The lowest BCUT2D eigenvalue weighted by atomic mass is 10.2. The number of ether oxygens (including phenoxy) is 2. The molecule has 1 aliphatic rings. The fraction of sp³-hybridized carbons (Fsp3) is 0.125. The fourth-order valence-corrected chi connectivity index (χ4v) is 1.19. The van der Waals surface area contributed by atoms with Gasteiger partial charge in [0.1, 0.15) is 0 Å². The summed E-state index contributed by atoms with van der Waals surface area (Å²) in [4.78, 5) is 9.99. The number of nitro benzene ring substituents is 1. The maximum absolute atomic E-state index is 10.6. The highest BCUT2D eigenvalue weighted by Crippen LogP contribution is 2.41. The highest BCUT2D eigenvalue weighted by atomic mass is 16.7. The van der Waals surface area contributed by atoms with Crippen LogP contribution in [0.25, 0.3) is 0 Å². The normalized spacial score (nSPS) is 12.2. The van der Waals surface area contributed by atoms with Crippen LogP contribution in [0.15, 0.2) is 12.1 Å². The fourth-order valence-electron chi connectivity index (χ4n) is 1.19. The van der Waals surface area contributed by atoms with Crippen LogP contribution in [0.3, 0.4) is 0 Å². The first kappa shape index (κ1) is 8.31. The SMILES string of the molecule is N#Cc1cc2c(c([N+](=O)[O-])c1)OCO2. The largest absolute Gasteiger partial charge is 0.453 e. The second-order valence-corrected chi connectivity index (χ2v) is 2.60. The van der Waals surface area contributed by atoms with Crippen LogP contribution in [0, 0.1) is 21.4 Å². The van der Waals surface area contributed by atoms with E-state index in [-0.39, 0.29) is 29.5 Å². The standard InChI is InChI=1S/C8H4N2O4/c9-3-5-1-6(10(11)12)8-7(2-5)13-4-14-8/h1-2H,4H2. The molecule has 0 aliphatic carbocycles. The van der Waals surface area contributed by atoms with Crippen molar-refractivity contribution in [2.45, 2.75) is 0 Å². The minimum Gasteiger partial charge on any atom is -0.453 e. The van der Waals surface area contributed by atoms with E-state index < -0.39 is 4.92 Å². The van der Waals surface area contributed by atoms with Crippen molar-refractivity contribution < 1.29 is 14.4 Å². The molecule has 1 aromatic rings. The molecule has 0 atom stereocenters. The molecule has 70 valence electrons. The summed E-state index contributed by atoms with van der Waals surface area (Å²) in [6.07, 6.45) is 0. The number of rotatable bonds is 1. The summed E-state index contributed by atoms with van der Waals surface area (Å²) in [5.41, 5.74) is -0.0579. The lowest BCUT2D eigenvalue weighted by molar-refractivity contribution is -0.385. The average molecular weight is 192 g/mol. The van der Waals surface area contributed by atoms with Gasteiger partial charge in [-0.25, -0.2) is 0 Å². The number of nitriles is 1. The van der Waals surface area contributed by atoms with Crippen molar-refractivity contribution in [3.8, 4) is 17.6 Å². The first-order valence-corrected chi connectivity index (χ1v) is 3.70. The second-order valence-electron chi connectivity index (χ2n) is 2.60. The van der Waals surface area contributed by atoms with Gasteiger partial charge in [0.25, 0.3) is 0 Å². The molecule has 0 amide bonds. The van der Waals surface area contributed by atoms with Crippen molar-refractivity contribution in [1.82, 2.24) is 0 Å². The third-order valence-electron chi connectivity index (χ3n) is 1.78. The van der Waals surface area contributed by atoms with Gasteiger partial charge in [0, 0.05) is 12.1 Å². The van der Waals surface area contributed by atoms with Crippen LogP contribution in [-0.2, 0) is 0 Å². The molecule has 0 N–H and O–H groups in total. The first-order chi connectivity index (χ1) is 6.72. The smallest absolute Gasteiger partial charge is 0.316 e. The predicted molar refractivity (Wildman–Crippen MR) is 43.9 cm³/mol. The Morgan fingerprint density at radius 1 is 1.50 bits per heavy atom. The van der Waals surface area contributed by atoms with Crippen LogP contribution in [0.1, 0.15) is 5.56 Å². The quantitative estimate of drug-likeness (QED) is 0.492. The van der Waals surface area contributed by atoms with E-state index in [1.807, 2.05) is 6.07 Å². The van der Waals surface area contributed by atoms with Gasteiger partial charge < -0.3 is 9.47 Å². The molecule has 1 heterocycles. The number of nitro groups is 1. The molecule has 0 unspecified atom stereocenters. The summed E-state index contributed by atoms with van der Waals surface area (Å²) in [6.45, 7) is -0.0505. The van der Waals surface area contributed by atoms with Gasteiger partial charge in [0.15, 0.2) is 5.75 Å². The van der Waals surface area contributed by atoms with Gasteiger partial charge in [0.2, 0.25) is 12.5 Å². The molecule has 14 heavy (non-hydrogen) atoms. The highest BCUT2D eigenvalue weighted by molar-refractivity contribution is 5.61. The summed E-state index contributed by atoms with van der Waals surface area (Å²) < 4.78 is 9.87. The summed E-state index contributed by atoms with van der Waals surface area (Å²) >= 11 is 0. The summed E-state index contributed by atoms with van der Waals surface area (Å²) in [5, 5.41) is 19.2. The van der Waals surface area contributed by atoms with Crippen LogP contribution < -0.4 is 9.47 Å². The first-order valence-electron chi connectivity index (χ1n) is 3.70. The third-order valence-corrected chi connectivity index (χ3v) is 1.78. The zero-order chi connectivity index (χ0) is 10.1. The lowest BCUT2D eigenvalue weighted by Gasteiger charge is -1.97. The van der Waals surface area contributed by atoms with E-state index in [4.69, 9.17) is 14.7 Å². The molecule has 2 rings (SSSR count). The van der Waals surface area contributed by atoms with E-state index in [1.165, 1.54) is 6.07 Å². The van der Waals surface area contributed by atoms with Crippen molar-refractivity contribution in [1.29, 1.82) is 5.26 Å². The van der Waals surface area contributed by atoms with Crippen molar-refractivity contribution in [2.24, 2.45) is 0 Å². The van der Waals surface area contributed by atoms with E-state index >= 15 is 0 Å². The Bertz CT molecular complexity index is 449. The van der Waals surface area contributed by atoms with Gasteiger partial charge in [-0.2, -0.15) is 5.26 Å². The third kappa shape index (κ3) is 1.11. The zero-order valence-electron chi connectivity index (χ0n) is 6.89. The lowest BCUT2D eigenvalue weighted by Crippen LogP contribution is -1.95. The van der Waals surface area contributed by atoms with Gasteiger partial charge >= 0.3 is 5.69 Å². The van der Waals surface area contributed by atoms with E-state index in [2.05, 4.69) is 0 Å². The van der Waals surface area contributed by atoms with Crippen LogP contribution >= 0.6 is 0 Å². The molecule has 0 saturated carbocycles.